The Morgan fingerprint density at radius 1 is 1.45 bits per heavy atom. The molecule has 1 aromatic rings. The molecular weight excluding hydrogens is 250 g/mol. The third-order valence-corrected chi connectivity index (χ3v) is 4.42. The van der Waals surface area contributed by atoms with E-state index in [4.69, 9.17) is 5.26 Å². The molecule has 1 saturated carbocycles. The van der Waals surface area contributed by atoms with E-state index in [-0.39, 0.29) is 17.4 Å². The predicted molar refractivity (Wildman–Crippen MR) is 77.0 cm³/mol. The highest BCUT2D eigenvalue weighted by atomic mass is 16.2. The molecule has 1 fully saturated rings. The second-order valence-corrected chi connectivity index (χ2v) is 5.99. The third-order valence-electron chi connectivity index (χ3n) is 4.42. The monoisotopic (exact) mass is 269 g/mol. The van der Waals surface area contributed by atoms with Gasteiger partial charge in [0.2, 0.25) is 5.91 Å². The Labute approximate surface area is 119 Å². The largest absolute Gasteiger partial charge is 0.310 e. The lowest BCUT2D eigenvalue weighted by Gasteiger charge is -2.28. The van der Waals surface area contributed by atoms with Gasteiger partial charge in [0.25, 0.3) is 0 Å². The van der Waals surface area contributed by atoms with Gasteiger partial charge < -0.3 is 10.2 Å². The van der Waals surface area contributed by atoms with E-state index in [1.165, 1.54) is 0 Å². The van der Waals surface area contributed by atoms with Crippen molar-refractivity contribution in [1.29, 1.82) is 5.26 Å². The predicted octanol–water partition coefficient (Wildman–Crippen LogP) is 2.21. The van der Waals surface area contributed by atoms with Crippen molar-refractivity contribution in [2.75, 3.05) is 11.4 Å². The number of amides is 1. The van der Waals surface area contributed by atoms with Crippen molar-refractivity contribution >= 4 is 11.6 Å². The summed E-state index contributed by atoms with van der Waals surface area (Å²) in [6.07, 6.45) is 2.64. The number of hydrogen-bond acceptors (Lipinski definition) is 3. The van der Waals surface area contributed by atoms with Gasteiger partial charge in [-0.15, -0.1) is 0 Å². The molecule has 3 rings (SSSR count). The Morgan fingerprint density at radius 3 is 2.90 bits per heavy atom. The molecule has 1 aliphatic carbocycles. The van der Waals surface area contributed by atoms with Crippen LogP contribution in [-0.4, -0.2) is 18.5 Å². The molecule has 1 amide bonds. The Hall–Kier alpha value is -1.86. The molecule has 4 heteroatoms. The Balaban J connectivity index is 1.93. The molecular formula is C16H19N3O. The zero-order chi connectivity index (χ0) is 14.2. The molecule has 0 saturated heterocycles. The molecule has 1 atom stereocenters. The van der Waals surface area contributed by atoms with Gasteiger partial charge in [0.1, 0.15) is 0 Å². The summed E-state index contributed by atoms with van der Waals surface area (Å²) in [5.41, 5.74) is 2.18. The number of nitrogens with one attached hydrogen (secondary N) is 1. The van der Waals surface area contributed by atoms with Gasteiger partial charge in [-0.25, -0.2) is 0 Å². The number of nitriles is 1. The van der Waals surface area contributed by atoms with Crippen molar-refractivity contribution in [3.8, 4) is 6.07 Å². The number of carbonyl (C=O) groups is 1. The number of nitrogens with zero attached hydrogens (tertiary/aromatic N) is 2. The third kappa shape index (κ3) is 2.30. The fraction of sp³-hybridized carbons (Fsp3) is 0.500. The quantitative estimate of drug-likeness (QED) is 0.915. The van der Waals surface area contributed by atoms with Crippen molar-refractivity contribution in [1.82, 2.24) is 5.32 Å². The summed E-state index contributed by atoms with van der Waals surface area (Å²) in [5, 5.41) is 12.2. The number of benzene rings is 1. The fourth-order valence-corrected chi connectivity index (χ4v) is 2.86. The first-order valence-electron chi connectivity index (χ1n) is 7.15. The first-order chi connectivity index (χ1) is 9.65. The van der Waals surface area contributed by atoms with Gasteiger partial charge in [-0.1, -0.05) is 18.2 Å². The van der Waals surface area contributed by atoms with E-state index in [9.17, 15) is 4.79 Å². The molecule has 1 unspecified atom stereocenters. The van der Waals surface area contributed by atoms with E-state index in [0.717, 1.165) is 24.1 Å². The molecule has 1 N–H and O–H groups in total. The summed E-state index contributed by atoms with van der Waals surface area (Å²) in [6.45, 7) is 3.29. The Bertz CT molecular complexity index is 571. The number of carbonyl (C=O) groups excluding carboxylic acids is 1. The Kier molecular flexibility index (Phi) is 3.23. The van der Waals surface area contributed by atoms with Crippen LogP contribution in [0.5, 0.6) is 0 Å². The average Bonchev–Trinajstić information content (AvgIpc) is 3.23. The van der Waals surface area contributed by atoms with Gasteiger partial charge in [-0.3, -0.25) is 4.79 Å². The van der Waals surface area contributed by atoms with Crippen molar-refractivity contribution in [2.45, 2.75) is 38.8 Å². The van der Waals surface area contributed by atoms with E-state index in [0.29, 0.717) is 19.5 Å². The maximum atomic E-state index is 12.6. The van der Waals surface area contributed by atoms with Crippen molar-refractivity contribution in [3.05, 3.63) is 29.8 Å². The topological polar surface area (TPSA) is 56.1 Å². The zero-order valence-corrected chi connectivity index (χ0v) is 11.7. The minimum atomic E-state index is -0.180. The number of para-hydroxylation sites is 1. The van der Waals surface area contributed by atoms with E-state index in [1.54, 1.807) is 0 Å². The molecule has 20 heavy (non-hydrogen) atoms. The lowest BCUT2D eigenvalue weighted by atomic mass is 10.0. The molecule has 104 valence electrons. The van der Waals surface area contributed by atoms with Crippen LogP contribution in [0, 0.1) is 16.7 Å². The van der Waals surface area contributed by atoms with Crippen LogP contribution in [0.25, 0.3) is 0 Å². The van der Waals surface area contributed by atoms with Crippen LogP contribution in [0.15, 0.2) is 24.3 Å². The first kappa shape index (κ1) is 13.1. The summed E-state index contributed by atoms with van der Waals surface area (Å²) >= 11 is 0. The van der Waals surface area contributed by atoms with E-state index < -0.39 is 0 Å². The highest BCUT2D eigenvalue weighted by molar-refractivity contribution is 5.98. The maximum absolute atomic E-state index is 12.6. The lowest BCUT2D eigenvalue weighted by molar-refractivity contribution is -0.120. The maximum Gasteiger partial charge on any atom is 0.243 e. The molecule has 1 heterocycles. The normalized spacial score (nSPS) is 23.7. The minimum absolute atomic E-state index is 0.0293. The van der Waals surface area contributed by atoms with Gasteiger partial charge in [-0.05, 0) is 31.4 Å². The standard InChI is InChI=1S/C16H19N3O/c1-12-15(20)19(11-16(6-7-16)8-9-17)14-5-3-2-4-13(14)10-18-12/h2-5,12,18H,6-8,10-11H2,1H3. The van der Waals surface area contributed by atoms with Gasteiger partial charge >= 0.3 is 0 Å². The van der Waals surface area contributed by atoms with Gasteiger partial charge in [0.15, 0.2) is 0 Å². The van der Waals surface area contributed by atoms with Crippen LogP contribution >= 0.6 is 0 Å². The molecule has 1 aliphatic heterocycles. The average molecular weight is 269 g/mol. The molecule has 0 spiro atoms. The second kappa shape index (κ2) is 4.92. The summed E-state index contributed by atoms with van der Waals surface area (Å²) in [7, 11) is 0. The summed E-state index contributed by atoms with van der Waals surface area (Å²) in [6, 6.07) is 10.1. The van der Waals surface area contributed by atoms with E-state index in [1.807, 2.05) is 30.0 Å². The fourth-order valence-electron chi connectivity index (χ4n) is 2.86. The molecule has 2 aliphatic rings. The second-order valence-electron chi connectivity index (χ2n) is 5.99. The van der Waals surface area contributed by atoms with Gasteiger partial charge in [0.05, 0.1) is 12.1 Å². The van der Waals surface area contributed by atoms with Crippen molar-refractivity contribution < 1.29 is 4.79 Å². The number of rotatable bonds is 3. The van der Waals surface area contributed by atoms with Crippen LogP contribution in [0.3, 0.4) is 0 Å². The first-order valence-corrected chi connectivity index (χ1v) is 7.15. The summed E-state index contributed by atoms with van der Waals surface area (Å²) in [5.74, 6) is 0.110. The molecule has 1 aromatic carbocycles. The van der Waals surface area contributed by atoms with Crippen LogP contribution < -0.4 is 10.2 Å². The number of fused-ring (bicyclic) bond motifs is 1. The van der Waals surface area contributed by atoms with E-state index >= 15 is 0 Å². The van der Waals surface area contributed by atoms with Crippen molar-refractivity contribution in [2.24, 2.45) is 5.41 Å². The molecule has 0 radical (unpaired) electrons. The molecule has 0 bridgehead atoms. The summed E-state index contributed by atoms with van der Waals surface area (Å²) < 4.78 is 0. The van der Waals surface area contributed by atoms with E-state index in [2.05, 4.69) is 17.5 Å². The molecule has 4 nitrogen and oxygen atoms in total. The van der Waals surface area contributed by atoms with Gasteiger partial charge in [0, 0.05) is 30.6 Å². The van der Waals surface area contributed by atoms with Crippen molar-refractivity contribution in [3.63, 3.8) is 0 Å². The minimum Gasteiger partial charge on any atom is -0.310 e. The number of anilines is 1. The SMILES string of the molecule is CC1NCc2ccccc2N(CC2(CC#N)CC2)C1=O. The molecule has 0 aromatic heterocycles. The highest BCUT2D eigenvalue weighted by Gasteiger charge is 2.45. The van der Waals surface area contributed by atoms with Crippen LogP contribution in [0.4, 0.5) is 5.69 Å². The lowest BCUT2D eigenvalue weighted by Crippen LogP contribution is -2.44. The van der Waals surface area contributed by atoms with Crippen LogP contribution in [0.1, 0.15) is 31.7 Å². The van der Waals surface area contributed by atoms with Crippen LogP contribution in [0.2, 0.25) is 0 Å². The highest BCUT2D eigenvalue weighted by Crippen LogP contribution is 2.50. The summed E-state index contributed by atoms with van der Waals surface area (Å²) in [4.78, 5) is 14.5. The van der Waals surface area contributed by atoms with Gasteiger partial charge in [-0.2, -0.15) is 5.26 Å². The zero-order valence-electron chi connectivity index (χ0n) is 11.7. The Morgan fingerprint density at radius 2 is 2.20 bits per heavy atom. The van der Waals surface area contributed by atoms with Crippen LogP contribution in [-0.2, 0) is 11.3 Å². The number of hydrogen-bond donors (Lipinski definition) is 1. The smallest absolute Gasteiger partial charge is 0.243 e.